The third-order valence-corrected chi connectivity index (χ3v) is 11.1. The lowest BCUT2D eigenvalue weighted by Crippen LogP contribution is -2.13. The van der Waals surface area contributed by atoms with Gasteiger partial charge in [0, 0.05) is 44.4 Å². The van der Waals surface area contributed by atoms with E-state index in [1.165, 1.54) is 22.2 Å². The molecule has 7 aromatic carbocycles. The molecule has 0 amide bonds. The minimum atomic E-state index is 0.0983. The first-order valence-corrected chi connectivity index (χ1v) is 19.5. The number of nitrogens with zero attached hydrogens (tertiary/aromatic N) is 4. The van der Waals surface area contributed by atoms with Crippen LogP contribution >= 0.6 is 0 Å². The molecule has 272 valence electrons. The van der Waals surface area contributed by atoms with Gasteiger partial charge in [0.15, 0.2) is 5.84 Å². The summed E-state index contributed by atoms with van der Waals surface area (Å²) in [5.74, 6) is 0.573. The normalized spacial score (nSPS) is 13.1. The molecule has 5 nitrogen and oxygen atoms in total. The van der Waals surface area contributed by atoms with Gasteiger partial charge in [0.05, 0.1) is 16.6 Å². The third kappa shape index (κ3) is 6.10. The van der Waals surface area contributed by atoms with Crippen molar-refractivity contribution >= 4 is 56.3 Å². The predicted octanol–water partition coefficient (Wildman–Crippen LogP) is 12.8. The second-order valence-corrected chi connectivity index (χ2v) is 14.5. The lowest BCUT2D eigenvalue weighted by Gasteiger charge is -2.14. The molecule has 0 bridgehead atoms. The largest absolute Gasteiger partial charge is 0.311 e. The second-order valence-electron chi connectivity index (χ2n) is 14.5. The zero-order chi connectivity index (χ0) is 38.3. The van der Waals surface area contributed by atoms with E-state index in [0.717, 1.165) is 79.4 Å². The molecule has 1 aliphatic carbocycles. The number of amidine groups is 1. The summed E-state index contributed by atoms with van der Waals surface area (Å²) in [5, 5.41) is 13.3. The molecular weight excluding hydrogens is 695 g/mol. The number of hydrogen-bond acceptors (Lipinski definition) is 1. The minimum Gasteiger partial charge on any atom is -0.311 e. The highest BCUT2D eigenvalue weighted by Crippen LogP contribution is 2.41. The Labute approximate surface area is 331 Å². The molecule has 0 atom stereocenters. The van der Waals surface area contributed by atoms with Gasteiger partial charge in [0.2, 0.25) is 5.96 Å². The molecule has 57 heavy (non-hydrogen) atoms. The van der Waals surface area contributed by atoms with Crippen LogP contribution in [0, 0.1) is 5.41 Å². The zero-order valence-corrected chi connectivity index (χ0v) is 31.6. The summed E-state index contributed by atoms with van der Waals surface area (Å²) < 4.78 is 4.44. The number of nitrogens with one attached hydrogen (secondary N) is 1. The smallest absolute Gasteiger partial charge is 0.229 e. The summed E-state index contributed by atoms with van der Waals surface area (Å²) in [5.41, 5.74) is 13.8. The highest BCUT2D eigenvalue weighted by Gasteiger charge is 2.25. The van der Waals surface area contributed by atoms with Crippen molar-refractivity contribution < 1.29 is 0 Å². The fourth-order valence-corrected chi connectivity index (χ4v) is 8.34. The van der Waals surface area contributed by atoms with E-state index in [1.807, 2.05) is 29.7 Å². The Morgan fingerprint density at radius 1 is 0.526 bits per heavy atom. The van der Waals surface area contributed by atoms with Gasteiger partial charge >= 0.3 is 0 Å². The Hall–Kier alpha value is -7.37. The van der Waals surface area contributed by atoms with Gasteiger partial charge in [-0.25, -0.2) is 4.99 Å². The van der Waals surface area contributed by atoms with Gasteiger partial charge in [-0.15, -0.1) is 0 Å². The Morgan fingerprint density at radius 2 is 1.09 bits per heavy atom. The monoisotopic (exact) mass is 733 g/mol. The summed E-state index contributed by atoms with van der Waals surface area (Å²) in [6.45, 7) is 2.02. The number of aromatic nitrogens is 2. The van der Waals surface area contributed by atoms with Crippen LogP contribution in [-0.2, 0) is 6.42 Å². The van der Waals surface area contributed by atoms with Crippen LogP contribution in [0.4, 0.5) is 0 Å². The maximum atomic E-state index is 9.94. The maximum Gasteiger partial charge on any atom is 0.229 e. The molecule has 2 heterocycles. The zero-order valence-electron chi connectivity index (χ0n) is 31.6. The van der Waals surface area contributed by atoms with Crippen molar-refractivity contribution in [1.82, 2.24) is 9.13 Å². The van der Waals surface area contributed by atoms with Crippen LogP contribution in [0.1, 0.15) is 35.7 Å². The summed E-state index contributed by atoms with van der Waals surface area (Å²) in [4.78, 5) is 10.4. The van der Waals surface area contributed by atoms with E-state index in [2.05, 4.69) is 174 Å². The molecule has 0 fully saturated rings. The summed E-state index contributed by atoms with van der Waals surface area (Å²) in [6.07, 6.45) is 6.47. The number of rotatable bonds is 5. The topological polar surface area (TPSA) is 58.4 Å². The molecule has 1 aliphatic rings. The lowest BCUT2D eigenvalue weighted by molar-refractivity contribution is 0.889. The fourth-order valence-electron chi connectivity index (χ4n) is 8.34. The van der Waals surface area contributed by atoms with Gasteiger partial charge < -0.3 is 4.57 Å². The third-order valence-electron chi connectivity index (χ3n) is 11.1. The van der Waals surface area contributed by atoms with Crippen LogP contribution in [0.5, 0.6) is 0 Å². The highest BCUT2D eigenvalue weighted by molar-refractivity contribution is 6.23. The van der Waals surface area contributed by atoms with Gasteiger partial charge in [-0.2, -0.15) is 4.99 Å². The van der Waals surface area contributed by atoms with E-state index in [9.17, 15) is 5.41 Å². The average Bonchev–Trinajstić information content (AvgIpc) is 3.80. The van der Waals surface area contributed by atoms with Crippen LogP contribution in [0.25, 0.3) is 66.7 Å². The number of benzene rings is 7. The molecule has 9 aromatic rings. The van der Waals surface area contributed by atoms with Gasteiger partial charge in [-0.05, 0) is 65.8 Å². The van der Waals surface area contributed by atoms with Gasteiger partial charge in [-0.3, -0.25) is 9.98 Å². The SMILES string of the molecule is CC(=NC(=NC(=N)n1c2ccccc2c2ccc3c4c(n(-c5ccccc5)c3c21)CCC=C4)c1ccc(-c2ccccc2)cc1)c1ccc(-c2ccccc2)cc1. The van der Waals surface area contributed by atoms with E-state index in [4.69, 9.17) is 9.98 Å². The Balaban J connectivity index is 1.17. The molecule has 0 radical (unpaired) electrons. The molecule has 0 aliphatic heterocycles. The van der Waals surface area contributed by atoms with Crippen molar-refractivity contribution in [3.05, 3.63) is 204 Å². The molecular formula is C52H39N5. The van der Waals surface area contributed by atoms with Gasteiger partial charge in [0.25, 0.3) is 0 Å². The Bertz CT molecular complexity index is 3040. The molecule has 0 spiro atoms. The number of para-hydroxylation sites is 2. The number of allylic oxidation sites excluding steroid dienone is 1. The maximum absolute atomic E-state index is 9.94. The van der Waals surface area contributed by atoms with Crippen LogP contribution in [0.3, 0.4) is 0 Å². The molecule has 5 heteroatoms. The Morgan fingerprint density at radius 3 is 1.75 bits per heavy atom. The van der Waals surface area contributed by atoms with E-state index in [1.54, 1.807) is 0 Å². The number of fused-ring (bicyclic) bond motifs is 7. The number of aliphatic imine (C=N–C) groups is 2. The van der Waals surface area contributed by atoms with Crippen LogP contribution < -0.4 is 0 Å². The van der Waals surface area contributed by atoms with E-state index in [0.29, 0.717) is 5.84 Å². The summed E-state index contributed by atoms with van der Waals surface area (Å²) in [6, 6.07) is 61.0. The highest BCUT2D eigenvalue weighted by atomic mass is 15.2. The fraction of sp³-hybridized carbons (Fsp3) is 0.0577. The first kappa shape index (κ1) is 34.1. The quantitative estimate of drug-likeness (QED) is 0.135. The number of hydrogen-bond donors (Lipinski definition) is 1. The standard InChI is InChI=1S/C52H39N5/c1-35(36-25-27-39(28-26-36)37-15-5-2-6-16-37)54-51(41-31-29-40(30-32-41)38-17-7-3-8-18-38)55-52(53)57-48-24-14-12-22-44(48)46-34-33-45-43-21-11-13-23-47(43)56(49(45)50(46)57)42-19-9-4-10-20-42/h2-12,14-22,24-34,53H,13,23H2,1H3. The first-order chi connectivity index (χ1) is 28.1. The Kier molecular flexibility index (Phi) is 8.61. The van der Waals surface area contributed by atoms with Crippen molar-refractivity contribution in [2.45, 2.75) is 19.8 Å². The van der Waals surface area contributed by atoms with Crippen molar-refractivity contribution in [3.63, 3.8) is 0 Å². The van der Waals surface area contributed by atoms with Crippen LogP contribution in [-0.4, -0.2) is 26.6 Å². The van der Waals surface area contributed by atoms with Gasteiger partial charge in [0.1, 0.15) is 0 Å². The van der Waals surface area contributed by atoms with Crippen molar-refractivity contribution in [3.8, 4) is 27.9 Å². The molecule has 0 saturated heterocycles. The summed E-state index contributed by atoms with van der Waals surface area (Å²) >= 11 is 0. The molecule has 0 saturated carbocycles. The summed E-state index contributed by atoms with van der Waals surface area (Å²) in [7, 11) is 0. The van der Waals surface area contributed by atoms with Crippen molar-refractivity contribution in [1.29, 1.82) is 5.41 Å². The van der Waals surface area contributed by atoms with Crippen LogP contribution in [0.15, 0.2) is 192 Å². The van der Waals surface area contributed by atoms with E-state index in [-0.39, 0.29) is 5.96 Å². The second kappa shape index (κ2) is 14.4. The first-order valence-electron chi connectivity index (χ1n) is 19.5. The van der Waals surface area contributed by atoms with E-state index >= 15 is 0 Å². The lowest BCUT2D eigenvalue weighted by atomic mass is 10.0. The molecule has 10 rings (SSSR count). The van der Waals surface area contributed by atoms with Crippen LogP contribution in [0.2, 0.25) is 0 Å². The average molecular weight is 734 g/mol. The van der Waals surface area contributed by atoms with Gasteiger partial charge in [-0.1, -0.05) is 170 Å². The predicted molar refractivity (Wildman–Crippen MR) is 239 cm³/mol. The molecule has 1 N–H and O–H groups in total. The molecule has 0 unspecified atom stereocenters. The van der Waals surface area contributed by atoms with E-state index < -0.39 is 0 Å². The van der Waals surface area contributed by atoms with Crippen molar-refractivity contribution in [2.75, 3.05) is 0 Å². The minimum absolute atomic E-state index is 0.0983. The van der Waals surface area contributed by atoms with Crippen molar-refractivity contribution in [2.24, 2.45) is 9.98 Å². The molecule has 2 aromatic heterocycles.